The van der Waals surface area contributed by atoms with E-state index < -0.39 is 11.7 Å². The Morgan fingerprint density at radius 2 is 2.08 bits per heavy atom. The molecule has 9 heteroatoms. The maximum atomic E-state index is 13.1. The molecule has 0 saturated heterocycles. The number of aryl methyl sites for hydroxylation is 1. The van der Waals surface area contributed by atoms with Gasteiger partial charge in [-0.15, -0.1) is 0 Å². The average Bonchev–Trinajstić information content (AvgIpc) is 3.00. The van der Waals surface area contributed by atoms with E-state index in [1.165, 1.54) is 12.4 Å². The van der Waals surface area contributed by atoms with Crippen molar-refractivity contribution in [1.82, 2.24) is 9.78 Å². The highest BCUT2D eigenvalue weighted by atomic mass is 19.4. The molecule has 0 aliphatic carbocycles. The Hall–Kier alpha value is -2.68. The van der Waals surface area contributed by atoms with Gasteiger partial charge in [-0.3, -0.25) is 4.68 Å². The van der Waals surface area contributed by atoms with Gasteiger partial charge < -0.3 is 10.6 Å². The third kappa shape index (κ3) is 3.16. The van der Waals surface area contributed by atoms with E-state index in [-0.39, 0.29) is 24.6 Å². The van der Waals surface area contributed by atoms with Gasteiger partial charge in [0.1, 0.15) is 6.67 Å². The number of aromatic nitrogens is 2. The van der Waals surface area contributed by atoms with Gasteiger partial charge in [-0.05, 0) is 11.6 Å². The number of anilines is 1. The summed E-state index contributed by atoms with van der Waals surface area (Å²) in [5.74, 6) is 0.254. The number of alkyl halides is 3. The lowest BCUT2D eigenvalue weighted by molar-refractivity contribution is -0.138. The summed E-state index contributed by atoms with van der Waals surface area (Å²) in [5.41, 5.74) is 5.79. The summed E-state index contributed by atoms with van der Waals surface area (Å²) in [7, 11) is 1.79. The molecule has 0 saturated carbocycles. The summed E-state index contributed by atoms with van der Waals surface area (Å²) in [4.78, 5) is 10.2. The van der Waals surface area contributed by atoms with Crippen LogP contribution in [0.25, 0.3) is 0 Å². The highest BCUT2D eigenvalue weighted by molar-refractivity contribution is 6.06. The Morgan fingerprint density at radius 1 is 1.29 bits per heavy atom. The van der Waals surface area contributed by atoms with Gasteiger partial charge in [-0.1, -0.05) is 12.1 Å². The van der Waals surface area contributed by atoms with Crippen molar-refractivity contribution in [1.29, 1.82) is 0 Å². The van der Waals surface area contributed by atoms with Crippen LogP contribution in [0, 0.1) is 0 Å². The molecule has 2 aromatic rings. The van der Waals surface area contributed by atoms with Crippen molar-refractivity contribution < 1.29 is 13.2 Å². The molecule has 0 fully saturated rings. The number of hydrogen-bond acceptors (Lipinski definition) is 5. The first-order chi connectivity index (χ1) is 11.4. The van der Waals surface area contributed by atoms with Crippen LogP contribution >= 0.6 is 0 Å². The molecule has 6 nitrogen and oxygen atoms in total. The predicted octanol–water partition coefficient (Wildman–Crippen LogP) is 2.15. The van der Waals surface area contributed by atoms with Crippen LogP contribution in [0.1, 0.15) is 16.7 Å². The molecular weight excluding hydrogens is 321 g/mol. The number of nitrogens with two attached hydrogens (primary N) is 1. The van der Waals surface area contributed by atoms with E-state index in [0.29, 0.717) is 5.56 Å². The maximum absolute atomic E-state index is 13.1. The Morgan fingerprint density at radius 3 is 2.62 bits per heavy atom. The van der Waals surface area contributed by atoms with E-state index in [1.807, 2.05) is 0 Å². The quantitative estimate of drug-likeness (QED) is 0.933. The molecule has 1 aliphatic heterocycles. The highest BCUT2D eigenvalue weighted by Gasteiger charge is 2.33. The van der Waals surface area contributed by atoms with E-state index in [4.69, 9.17) is 5.73 Å². The van der Waals surface area contributed by atoms with Crippen LogP contribution in [-0.4, -0.2) is 28.6 Å². The standard InChI is InChI=1S/C15H15F3N6/c1-23-7-12(6-22-23)24-8-20-14(21-9-24)10-2-3-11(5-19)13(4-10)15(16,17)18/h2-4,6-8H,5,9,19H2,1H3. The zero-order valence-electron chi connectivity index (χ0n) is 12.8. The minimum atomic E-state index is -4.47. The molecule has 2 N–H and O–H groups in total. The van der Waals surface area contributed by atoms with Crippen molar-refractivity contribution in [3.63, 3.8) is 0 Å². The Balaban J connectivity index is 1.86. The van der Waals surface area contributed by atoms with E-state index in [9.17, 15) is 13.2 Å². The first-order valence-electron chi connectivity index (χ1n) is 7.13. The lowest BCUT2D eigenvalue weighted by Gasteiger charge is -2.20. The maximum Gasteiger partial charge on any atom is 0.416 e. The lowest BCUT2D eigenvalue weighted by Crippen LogP contribution is -2.26. The molecule has 0 bridgehead atoms. The van der Waals surface area contributed by atoms with E-state index in [1.54, 1.807) is 35.1 Å². The number of amidine groups is 1. The zero-order valence-corrected chi connectivity index (χ0v) is 12.8. The highest BCUT2D eigenvalue weighted by Crippen LogP contribution is 2.33. The van der Waals surface area contributed by atoms with Crippen molar-refractivity contribution in [3.05, 3.63) is 47.3 Å². The summed E-state index contributed by atoms with van der Waals surface area (Å²) in [6.45, 7) is 0.0736. The minimum absolute atomic E-state index is 0.0450. The first-order valence-corrected chi connectivity index (χ1v) is 7.13. The van der Waals surface area contributed by atoms with Gasteiger partial charge >= 0.3 is 6.18 Å². The van der Waals surface area contributed by atoms with Crippen molar-refractivity contribution in [3.8, 4) is 0 Å². The molecule has 0 radical (unpaired) electrons. The number of hydrogen-bond donors (Lipinski definition) is 1. The van der Waals surface area contributed by atoms with Gasteiger partial charge in [0.25, 0.3) is 0 Å². The van der Waals surface area contributed by atoms with Crippen LogP contribution in [0.5, 0.6) is 0 Å². The fourth-order valence-corrected chi connectivity index (χ4v) is 2.37. The molecule has 0 atom stereocenters. The van der Waals surface area contributed by atoms with Gasteiger partial charge in [0.15, 0.2) is 5.84 Å². The fourth-order valence-electron chi connectivity index (χ4n) is 2.37. The minimum Gasteiger partial charge on any atom is -0.326 e. The van der Waals surface area contributed by atoms with E-state index in [2.05, 4.69) is 15.1 Å². The third-order valence-corrected chi connectivity index (χ3v) is 3.61. The summed E-state index contributed by atoms with van der Waals surface area (Å²) in [6.07, 6.45) is 0.517. The second-order valence-electron chi connectivity index (χ2n) is 5.28. The number of nitrogens with zero attached hydrogens (tertiary/aromatic N) is 5. The zero-order chi connectivity index (χ0) is 17.3. The summed E-state index contributed by atoms with van der Waals surface area (Å²) in [5, 5.41) is 4.05. The van der Waals surface area contributed by atoms with Crippen LogP contribution in [0.15, 0.2) is 40.6 Å². The molecular formula is C15H15F3N6. The van der Waals surface area contributed by atoms with E-state index in [0.717, 1.165) is 11.8 Å². The smallest absolute Gasteiger partial charge is 0.326 e. The van der Waals surface area contributed by atoms with E-state index >= 15 is 0 Å². The molecule has 0 spiro atoms. The van der Waals surface area contributed by atoms with Crippen molar-refractivity contribution >= 4 is 17.9 Å². The topological polar surface area (TPSA) is 71.8 Å². The van der Waals surface area contributed by atoms with Gasteiger partial charge in [-0.2, -0.15) is 18.3 Å². The average molecular weight is 336 g/mol. The van der Waals surface area contributed by atoms with Crippen molar-refractivity contribution in [2.24, 2.45) is 22.8 Å². The lowest BCUT2D eigenvalue weighted by atomic mass is 10.0. The first kappa shape index (κ1) is 16.2. The molecule has 0 unspecified atom stereocenters. The Bertz CT molecular complexity index is 806. The number of halogens is 3. The second-order valence-corrected chi connectivity index (χ2v) is 5.28. The van der Waals surface area contributed by atoms with Crippen LogP contribution in [-0.2, 0) is 19.8 Å². The largest absolute Gasteiger partial charge is 0.416 e. The molecule has 1 aliphatic rings. The number of aliphatic imine (C=N–C) groups is 2. The monoisotopic (exact) mass is 336 g/mol. The van der Waals surface area contributed by atoms with Crippen molar-refractivity contribution in [2.75, 3.05) is 11.6 Å². The molecule has 1 aromatic carbocycles. The second kappa shape index (κ2) is 6.08. The Labute approximate surface area is 136 Å². The van der Waals surface area contributed by atoms with Gasteiger partial charge in [0, 0.05) is 25.4 Å². The third-order valence-electron chi connectivity index (χ3n) is 3.61. The molecule has 2 heterocycles. The van der Waals surface area contributed by atoms with Gasteiger partial charge in [0.05, 0.1) is 23.8 Å². The molecule has 126 valence electrons. The molecule has 1 aromatic heterocycles. The molecule has 24 heavy (non-hydrogen) atoms. The number of rotatable bonds is 3. The normalized spacial score (nSPS) is 14.9. The SMILES string of the molecule is Cn1cc(N2C=NC(c3ccc(CN)c(C(F)(F)F)c3)=NC2)cn1. The van der Waals surface area contributed by atoms with Crippen LogP contribution in [0.2, 0.25) is 0 Å². The fraction of sp³-hybridized carbons (Fsp3) is 0.267. The van der Waals surface area contributed by atoms with Crippen LogP contribution in [0.3, 0.4) is 0 Å². The van der Waals surface area contributed by atoms with Gasteiger partial charge in [0.2, 0.25) is 0 Å². The molecule has 0 amide bonds. The summed E-state index contributed by atoms with van der Waals surface area (Å²) >= 11 is 0. The summed E-state index contributed by atoms with van der Waals surface area (Å²) in [6, 6.07) is 3.95. The molecule has 3 rings (SSSR count). The van der Waals surface area contributed by atoms with Crippen LogP contribution < -0.4 is 10.6 Å². The van der Waals surface area contributed by atoms with Gasteiger partial charge in [-0.25, -0.2) is 9.98 Å². The summed E-state index contributed by atoms with van der Waals surface area (Å²) < 4.78 is 41.0. The van der Waals surface area contributed by atoms with Crippen molar-refractivity contribution in [2.45, 2.75) is 12.7 Å². The van der Waals surface area contributed by atoms with Crippen LogP contribution in [0.4, 0.5) is 18.9 Å². The predicted molar refractivity (Wildman–Crippen MR) is 84.9 cm³/mol. The number of benzene rings is 1. The Kier molecular flexibility index (Phi) is 4.10.